The molecule has 0 fully saturated rings. The number of hydrogen-bond donors (Lipinski definition) is 1. The molecule has 0 aliphatic carbocycles. The van der Waals surface area contributed by atoms with Gasteiger partial charge in [0.2, 0.25) is 0 Å². The van der Waals surface area contributed by atoms with Crippen molar-refractivity contribution in [2.75, 3.05) is 0 Å². The van der Waals surface area contributed by atoms with Crippen LogP contribution in [0.5, 0.6) is 5.75 Å². The molecule has 0 aliphatic heterocycles. The Morgan fingerprint density at radius 3 is 1.90 bits per heavy atom. The summed E-state index contributed by atoms with van der Waals surface area (Å²) in [6, 6.07) is 4.76. The quantitative estimate of drug-likeness (QED) is 0.422. The molecule has 0 amide bonds. The fourth-order valence-electron chi connectivity index (χ4n) is 1.75. The number of rotatable bonds is 2. The number of hydrogen-bond acceptors (Lipinski definition) is 6. The van der Waals surface area contributed by atoms with Crippen LogP contribution in [0, 0.1) is 0 Å². The first kappa shape index (κ1) is 21.3. The van der Waals surface area contributed by atoms with Crippen molar-refractivity contribution >= 4 is 31.0 Å². The second-order valence-electron chi connectivity index (χ2n) is 3.67. The minimum atomic E-state index is -4.87. The molecule has 0 unspecified atom stereocenters. The van der Waals surface area contributed by atoms with E-state index in [1.54, 1.807) is 0 Å². The molecule has 0 saturated carbocycles. The fourth-order valence-corrected chi connectivity index (χ4v) is 3.13. The van der Waals surface area contributed by atoms with E-state index in [9.17, 15) is 26.5 Å². The van der Waals surface area contributed by atoms with E-state index in [2.05, 4.69) is 0 Å². The van der Waals surface area contributed by atoms with E-state index in [1.807, 2.05) is 0 Å². The summed E-state index contributed by atoms with van der Waals surface area (Å²) in [6.07, 6.45) is 0. The van der Waals surface area contributed by atoms with E-state index in [0.29, 0.717) is 6.07 Å². The van der Waals surface area contributed by atoms with Crippen molar-refractivity contribution in [1.82, 2.24) is 0 Å². The van der Waals surface area contributed by atoms with E-state index in [1.165, 1.54) is 6.07 Å². The van der Waals surface area contributed by atoms with Crippen molar-refractivity contribution in [3.05, 3.63) is 30.3 Å². The summed E-state index contributed by atoms with van der Waals surface area (Å²) in [5.74, 6) is -0.810. The first-order valence-corrected chi connectivity index (χ1v) is 7.63. The second-order valence-corrected chi connectivity index (χ2v) is 6.41. The monoisotopic (exact) mass is 348 g/mol. The van der Waals surface area contributed by atoms with Gasteiger partial charge in [0.05, 0.1) is 4.90 Å². The van der Waals surface area contributed by atoms with Gasteiger partial charge in [-0.05, 0) is 22.9 Å². The zero-order valence-corrected chi connectivity index (χ0v) is 16.7. The Balaban J connectivity index is 0.00000200. The molecule has 7 nitrogen and oxygen atoms in total. The predicted molar refractivity (Wildman–Crippen MR) is 61.2 cm³/mol. The zero-order valence-electron chi connectivity index (χ0n) is 11.1. The molecule has 0 spiro atoms. The van der Waals surface area contributed by atoms with Gasteiger partial charge >= 0.3 is 59.1 Å². The minimum Gasteiger partial charge on any atom is -0.872 e. The normalized spacial score (nSPS) is 11.5. The molecule has 2 aromatic rings. The van der Waals surface area contributed by atoms with Gasteiger partial charge in [0.15, 0.2) is 0 Å². The maximum absolute atomic E-state index is 11.7. The molecule has 0 aliphatic rings. The van der Waals surface area contributed by atoms with E-state index in [0.717, 1.165) is 18.2 Å². The molecule has 2 rings (SSSR count). The van der Waals surface area contributed by atoms with Gasteiger partial charge in [0.1, 0.15) is 15.0 Å². The molecule has 0 aromatic heterocycles. The molecule has 11 heteroatoms. The van der Waals surface area contributed by atoms with Crippen LogP contribution in [0.4, 0.5) is 0 Å². The van der Waals surface area contributed by atoms with Crippen LogP contribution in [0.1, 0.15) is 0 Å². The standard InChI is InChI=1S/C10H8O7S2.2Na/c11-7-3-1-2-6-8(18(12,13)14)4-5-9(10(6)7)19(15,16)17;;/h1-5,11H,(H,12,13,14)(H,15,16,17);;/q;2*+1/p-2. The van der Waals surface area contributed by atoms with Crippen molar-refractivity contribution in [2.24, 2.45) is 0 Å². The Morgan fingerprint density at radius 2 is 1.43 bits per heavy atom. The SMILES string of the molecule is O=S(=O)([O-])c1ccc(S(=O)(=O)O)c2c([O-])cccc12.[Na+].[Na+]. The number of fused-ring (bicyclic) bond motifs is 1. The van der Waals surface area contributed by atoms with Crippen LogP contribution in [0.15, 0.2) is 40.1 Å². The first-order chi connectivity index (χ1) is 8.62. The van der Waals surface area contributed by atoms with Crippen LogP contribution in [-0.4, -0.2) is 25.9 Å². The molecule has 1 N–H and O–H groups in total. The maximum atomic E-state index is 11.7. The van der Waals surface area contributed by atoms with Crippen LogP contribution in [0.25, 0.3) is 10.8 Å². The average molecular weight is 348 g/mol. The predicted octanol–water partition coefficient (Wildman–Crippen LogP) is -5.93. The second kappa shape index (κ2) is 7.26. The molecule has 0 bridgehead atoms. The third-order valence-corrected chi connectivity index (χ3v) is 4.26. The topological polar surface area (TPSA) is 135 Å². The van der Waals surface area contributed by atoms with Crippen molar-refractivity contribution in [1.29, 1.82) is 0 Å². The molecule has 0 atom stereocenters. The molecule has 2 aromatic carbocycles. The summed E-state index contributed by atoms with van der Waals surface area (Å²) in [7, 11) is -9.58. The molecule has 21 heavy (non-hydrogen) atoms. The van der Waals surface area contributed by atoms with Crippen LogP contribution < -0.4 is 64.2 Å². The van der Waals surface area contributed by atoms with Gasteiger partial charge < -0.3 is 9.66 Å². The van der Waals surface area contributed by atoms with Crippen molar-refractivity contribution in [2.45, 2.75) is 9.79 Å². The smallest absolute Gasteiger partial charge is 0.872 e. The summed E-state index contributed by atoms with van der Waals surface area (Å²) in [6.45, 7) is 0. The van der Waals surface area contributed by atoms with Gasteiger partial charge in [-0.3, -0.25) is 4.55 Å². The minimum absolute atomic E-state index is 0. The van der Waals surface area contributed by atoms with Gasteiger partial charge in [-0.1, -0.05) is 23.9 Å². The third kappa shape index (κ3) is 4.41. The molecule has 0 saturated heterocycles. The van der Waals surface area contributed by atoms with Crippen molar-refractivity contribution in [3.8, 4) is 5.75 Å². The van der Waals surface area contributed by atoms with Gasteiger partial charge in [-0.2, -0.15) is 8.42 Å². The van der Waals surface area contributed by atoms with E-state index >= 15 is 0 Å². The molecule has 0 radical (unpaired) electrons. The van der Waals surface area contributed by atoms with E-state index in [4.69, 9.17) is 4.55 Å². The summed E-state index contributed by atoms with van der Waals surface area (Å²) < 4.78 is 64.5. The van der Waals surface area contributed by atoms with E-state index in [-0.39, 0.29) is 64.5 Å². The van der Waals surface area contributed by atoms with Crippen LogP contribution in [0.3, 0.4) is 0 Å². The first-order valence-electron chi connectivity index (χ1n) is 4.78. The fraction of sp³-hybridized carbons (Fsp3) is 0. The van der Waals surface area contributed by atoms with Crippen molar-refractivity contribution < 1.29 is 90.2 Å². The number of benzene rings is 2. The summed E-state index contributed by atoms with van der Waals surface area (Å²) >= 11 is 0. The molecule has 0 heterocycles. The maximum Gasteiger partial charge on any atom is 1.00 e. The van der Waals surface area contributed by atoms with E-state index < -0.39 is 41.2 Å². The van der Waals surface area contributed by atoms with Crippen LogP contribution in [0.2, 0.25) is 0 Å². The van der Waals surface area contributed by atoms with Gasteiger partial charge in [-0.25, -0.2) is 8.42 Å². The zero-order chi connectivity index (χ0) is 14.4. The molecule has 102 valence electrons. The van der Waals surface area contributed by atoms with Crippen molar-refractivity contribution in [3.63, 3.8) is 0 Å². The summed E-state index contributed by atoms with van der Waals surface area (Å²) in [5.41, 5.74) is 0. The third-order valence-electron chi connectivity index (χ3n) is 2.47. The summed E-state index contributed by atoms with van der Waals surface area (Å²) in [5, 5.41) is 10.8. The Morgan fingerprint density at radius 1 is 0.905 bits per heavy atom. The average Bonchev–Trinajstić information content (AvgIpc) is 2.25. The summed E-state index contributed by atoms with van der Waals surface area (Å²) in [4.78, 5) is -1.45. The Bertz CT molecular complexity index is 876. The Labute approximate surface area is 165 Å². The molecular formula is C10H6Na2O7S2. The van der Waals surface area contributed by atoms with Gasteiger partial charge in [0.25, 0.3) is 10.1 Å². The van der Waals surface area contributed by atoms with Crippen LogP contribution >= 0.6 is 0 Å². The Hall–Kier alpha value is 0.320. The van der Waals surface area contributed by atoms with Crippen LogP contribution in [-0.2, 0) is 20.2 Å². The molecular weight excluding hydrogens is 342 g/mol. The van der Waals surface area contributed by atoms with Gasteiger partial charge in [-0.15, -0.1) is 0 Å². The Kier molecular flexibility index (Phi) is 7.37. The van der Waals surface area contributed by atoms with Gasteiger partial charge in [0, 0.05) is 0 Å². The largest absolute Gasteiger partial charge is 1.00 e.